The lowest BCUT2D eigenvalue weighted by atomic mass is 10.0. The number of H-pyrrole nitrogens is 1. The highest BCUT2D eigenvalue weighted by molar-refractivity contribution is 6.34. The van der Waals surface area contributed by atoms with Crippen LogP contribution in [0.1, 0.15) is 16.8 Å². The summed E-state index contributed by atoms with van der Waals surface area (Å²) >= 11 is 0. The van der Waals surface area contributed by atoms with Gasteiger partial charge in [0.2, 0.25) is 0 Å². The molecule has 17 heavy (non-hydrogen) atoms. The maximum atomic E-state index is 11.9. The predicted molar refractivity (Wildman–Crippen MR) is 66.3 cm³/mol. The van der Waals surface area contributed by atoms with E-state index < -0.39 is 0 Å². The molecule has 1 aromatic heterocycles. The molecule has 0 atom stereocenters. The van der Waals surface area contributed by atoms with Crippen molar-refractivity contribution in [3.63, 3.8) is 0 Å². The van der Waals surface area contributed by atoms with Crippen LogP contribution in [0.2, 0.25) is 0 Å². The van der Waals surface area contributed by atoms with Gasteiger partial charge in [-0.3, -0.25) is 4.79 Å². The van der Waals surface area contributed by atoms with Gasteiger partial charge in [0.15, 0.2) is 0 Å². The minimum Gasteiger partial charge on any atom is -0.345 e. The van der Waals surface area contributed by atoms with Gasteiger partial charge in [-0.05, 0) is 25.1 Å². The summed E-state index contributed by atoms with van der Waals surface area (Å²) in [5.41, 5.74) is 4.45. The smallest absolute Gasteiger partial charge is 0.256 e. The first-order chi connectivity index (χ1) is 8.24. The average molecular weight is 225 g/mol. The maximum absolute atomic E-state index is 11.9. The van der Waals surface area contributed by atoms with E-state index >= 15 is 0 Å². The Labute approximate surface area is 98.4 Å². The summed E-state index contributed by atoms with van der Waals surface area (Å²) in [6, 6.07) is 5.92. The Morgan fingerprint density at radius 1 is 1.35 bits per heavy atom. The number of amides is 1. The number of carbonyl (C=O) groups is 1. The second-order valence-corrected chi connectivity index (χ2v) is 4.07. The maximum Gasteiger partial charge on any atom is 0.256 e. The Bertz CT molecular complexity index is 612. The van der Waals surface area contributed by atoms with E-state index in [9.17, 15) is 4.79 Å². The van der Waals surface area contributed by atoms with E-state index in [2.05, 4.69) is 15.3 Å². The van der Waals surface area contributed by atoms with E-state index in [-0.39, 0.29) is 5.91 Å². The van der Waals surface area contributed by atoms with Gasteiger partial charge in [-0.2, -0.15) is 0 Å². The fourth-order valence-corrected chi connectivity index (χ4v) is 1.95. The number of nitrogens with one attached hydrogen (secondary N) is 2. The van der Waals surface area contributed by atoms with Crippen molar-refractivity contribution in [3.05, 3.63) is 47.5 Å². The second-order valence-electron chi connectivity index (χ2n) is 4.07. The number of aromatic nitrogens is 2. The number of aromatic amines is 1. The van der Waals surface area contributed by atoms with Gasteiger partial charge < -0.3 is 10.3 Å². The summed E-state index contributed by atoms with van der Waals surface area (Å²) in [5.74, 6) is -0.0693. The summed E-state index contributed by atoms with van der Waals surface area (Å²) in [6.45, 7) is 2.01. The lowest BCUT2D eigenvalue weighted by Gasteiger charge is -1.99. The number of hydrogen-bond acceptors (Lipinski definition) is 2. The molecular weight excluding hydrogens is 214 g/mol. The predicted octanol–water partition coefficient (Wildman–Crippen LogP) is 2.21. The summed E-state index contributed by atoms with van der Waals surface area (Å²) in [5, 5.41) is 2.85. The van der Waals surface area contributed by atoms with Crippen molar-refractivity contribution in [2.75, 3.05) is 5.32 Å². The van der Waals surface area contributed by atoms with Gasteiger partial charge in [-0.1, -0.05) is 11.6 Å². The average Bonchev–Trinajstić information content (AvgIpc) is 2.90. The molecule has 0 spiro atoms. The first-order valence-corrected chi connectivity index (χ1v) is 5.36. The Hall–Kier alpha value is -2.36. The molecule has 0 unspecified atom stereocenters. The van der Waals surface area contributed by atoms with Gasteiger partial charge in [-0.25, -0.2) is 4.98 Å². The quantitative estimate of drug-likeness (QED) is 0.731. The molecule has 0 saturated carbocycles. The van der Waals surface area contributed by atoms with Crippen LogP contribution in [-0.4, -0.2) is 15.9 Å². The zero-order valence-corrected chi connectivity index (χ0v) is 9.32. The fourth-order valence-electron chi connectivity index (χ4n) is 1.95. The van der Waals surface area contributed by atoms with Crippen LogP contribution in [0.5, 0.6) is 0 Å². The van der Waals surface area contributed by atoms with Crippen molar-refractivity contribution < 1.29 is 4.79 Å². The summed E-state index contributed by atoms with van der Waals surface area (Å²) in [4.78, 5) is 18.7. The van der Waals surface area contributed by atoms with E-state index in [0.29, 0.717) is 5.57 Å². The van der Waals surface area contributed by atoms with Crippen LogP contribution in [0.15, 0.2) is 30.7 Å². The number of hydrogen-bond donors (Lipinski definition) is 2. The minimum atomic E-state index is -0.0693. The molecule has 3 rings (SSSR count). The first kappa shape index (κ1) is 9.84. The van der Waals surface area contributed by atoms with Crippen molar-refractivity contribution in [2.45, 2.75) is 6.92 Å². The Morgan fingerprint density at radius 3 is 3.00 bits per heavy atom. The molecule has 2 N–H and O–H groups in total. The van der Waals surface area contributed by atoms with E-state index in [4.69, 9.17) is 0 Å². The van der Waals surface area contributed by atoms with Crippen LogP contribution in [0, 0.1) is 6.92 Å². The van der Waals surface area contributed by atoms with Gasteiger partial charge >= 0.3 is 0 Å². The van der Waals surface area contributed by atoms with Gasteiger partial charge in [0.25, 0.3) is 5.91 Å². The highest BCUT2D eigenvalue weighted by Gasteiger charge is 2.23. The highest BCUT2D eigenvalue weighted by atomic mass is 16.2. The van der Waals surface area contributed by atoms with Gasteiger partial charge in [0.1, 0.15) is 0 Å². The Balaban J connectivity index is 2.13. The molecule has 0 aliphatic carbocycles. The largest absolute Gasteiger partial charge is 0.345 e. The highest BCUT2D eigenvalue weighted by Crippen LogP contribution is 2.33. The Kier molecular flexibility index (Phi) is 2.08. The van der Waals surface area contributed by atoms with Gasteiger partial charge in [0, 0.05) is 11.3 Å². The van der Waals surface area contributed by atoms with Crippen LogP contribution in [0.3, 0.4) is 0 Å². The number of rotatable bonds is 1. The molecule has 0 radical (unpaired) electrons. The minimum absolute atomic E-state index is 0.0693. The normalized spacial score (nSPS) is 16.1. The third-order valence-corrected chi connectivity index (χ3v) is 2.78. The zero-order chi connectivity index (χ0) is 11.8. The van der Waals surface area contributed by atoms with Crippen molar-refractivity contribution in [2.24, 2.45) is 0 Å². The fraction of sp³-hybridized carbons (Fsp3) is 0.0769. The monoisotopic (exact) mass is 225 g/mol. The van der Waals surface area contributed by atoms with Crippen LogP contribution < -0.4 is 5.32 Å². The van der Waals surface area contributed by atoms with E-state index in [1.165, 1.54) is 0 Å². The van der Waals surface area contributed by atoms with Gasteiger partial charge in [0.05, 0.1) is 23.8 Å². The molecule has 1 aromatic carbocycles. The molecule has 1 aliphatic heterocycles. The second kappa shape index (κ2) is 3.59. The number of anilines is 1. The first-order valence-electron chi connectivity index (χ1n) is 5.36. The third-order valence-electron chi connectivity index (χ3n) is 2.78. The number of fused-ring (bicyclic) bond motifs is 1. The number of nitrogens with zero attached hydrogens (tertiary/aromatic N) is 1. The molecule has 4 heteroatoms. The van der Waals surface area contributed by atoms with Gasteiger partial charge in [-0.15, -0.1) is 0 Å². The molecule has 2 heterocycles. The van der Waals surface area contributed by atoms with E-state index in [1.807, 2.05) is 31.2 Å². The number of aryl methyl sites for hydroxylation is 1. The molecule has 4 nitrogen and oxygen atoms in total. The number of imidazole rings is 1. The molecule has 0 bridgehead atoms. The molecule has 1 amide bonds. The Morgan fingerprint density at radius 2 is 2.24 bits per heavy atom. The standard InChI is InChI=1S/C13H11N3O/c1-8-2-3-12-10(4-8)11(13(17)16-12)5-9-6-14-7-15-9/h2-7H,1H3,(H,14,15)(H,16,17)/b11-5-. The van der Waals surface area contributed by atoms with Crippen LogP contribution >= 0.6 is 0 Å². The molecule has 84 valence electrons. The van der Waals surface area contributed by atoms with E-state index in [0.717, 1.165) is 22.5 Å². The van der Waals surface area contributed by atoms with Crippen LogP contribution in [0.25, 0.3) is 11.6 Å². The number of carbonyl (C=O) groups excluding carboxylic acids is 1. The van der Waals surface area contributed by atoms with E-state index in [1.54, 1.807) is 12.5 Å². The summed E-state index contributed by atoms with van der Waals surface area (Å²) < 4.78 is 0. The number of benzene rings is 1. The SMILES string of the molecule is Cc1ccc2c(c1)/C(=C/c1cnc[nH]1)C(=O)N2. The van der Waals surface area contributed by atoms with Crippen molar-refractivity contribution in [1.82, 2.24) is 9.97 Å². The van der Waals surface area contributed by atoms with Crippen molar-refractivity contribution >= 4 is 23.2 Å². The zero-order valence-electron chi connectivity index (χ0n) is 9.32. The van der Waals surface area contributed by atoms with Crippen molar-refractivity contribution in [1.29, 1.82) is 0 Å². The summed E-state index contributed by atoms with van der Waals surface area (Å²) in [6.07, 6.45) is 5.10. The van der Waals surface area contributed by atoms with Crippen LogP contribution in [-0.2, 0) is 4.79 Å². The van der Waals surface area contributed by atoms with Crippen LogP contribution in [0.4, 0.5) is 5.69 Å². The lowest BCUT2D eigenvalue weighted by Crippen LogP contribution is -2.03. The summed E-state index contributed by atoms with van der Waals surface area (Å²) in [7, 11) is 0. The molecule has 2 aromatic rings. The topological polar surface area (TPSA) is 57.8 Å². The molecule has 0 fully saturated rings. The lowest BCUT2D eigenvalue weighted by molar-refractivity contribution is -0.110. The third kappa shape index (κ3) is 1.63. The van der Waals surface area contributed by atoms with Crippen molar-refractivity contribution in [3.8, 4) is 0 Å². The molecule has 0 saturated heterocycles. The molecule has 1 aliphatic rings. The molecular formula is C13H11N3O.